The Morgan fingerprint density at radius 1 is 1.06 bits per heavy atom. The predicted molar refractivity (Wildman–Crippen MR) is 112 cm³/mol. The first kappa shape index (κ1) is 26.6. The Balaban J connectivity index is 1.81. The molecular formula is C21H17F7N6O2. The van der Waals surface area contributed by atoms with E-state index in [1.54, 1.807) is 11.4 Å². The van der Waals surface area contributed by atoms with Crippen molar-refractivity contribution in [2.24, 2.45) is 0 Å². The first-order chi connectivity index (χ1) is 16.8. The van der Waals surface area contributed by atoms with Gasteiger partial charge in [0.05, 0.1) is 12.2 Å². The smallest absolute Gasteiger partial charge is 0.379 e. The maximum absolute atomic E-state index is 13.9. The fraction of sp³-hybridized carbons (Fsp3) is 0.238. The number of benzene rings is 1. The van der Waals surface area contributed by atoms with Crippen molar-refractivity contribution in [3.05, 3.63) is 77.8 Å². The summed E-state index contributed by atoms with van der Waals surface area (Å²) in [6.45, 7) is -2.00. The number of rotatable bonds is 9. The SMILES string of the molecule is N=C(/C=C(\NCc1ccccc1F)c1ccon1)c1nccc(NCC(O)(C(F)(F)F)C(F)(F)F)n1. The maximum Gasteiger partial charge on any atom is 0.428 e. The second-order valence-electron chi connectivity index (χ2n) is 7.28. The molecule has 15 heteroatoms. The van der Waals surface area contributed by atoms with E-state index in [2.05, 4.69) is 20.4 Å². The van der Waals surface area contributed by atoms with Crippen molar-refractivity contribution in [2.45, 2.75) is 24.5 Å². The number of aliphatic hydroxyl groups is 1. The lowest BCUT2D eigenvalue weighted by Crippen LogP contribution is -2.61. The fourth-order valence-corrected chi connectivity index (χ4v) is 2.77. The molecule has 8 nitrogen and oxygen atoms in total. The summed E-state index contributed by atoms with van der Waals surface area (Å²) in [4.78, 5) is 7.53. The van der Waals surface area contributed by atoms with Crippen LogP contribution in [0.25, 0.3) is 5.70 Å². The van der Waals surface area contributed by atoms with E-state index in [9.17, 15) is 35.8 Å². The Morgan fingerprint density at radius 3 is 2.36 bits per heavy atom. The van der Waals surface area contributed by atoms with Gasteiger partial charge in [0, 0.05) is 24.4 Å². The summed E-state index contributed by atoms with van der Waals surface area (Å²) < 4.78 is 96.0. The summed E-state index contributed by atoms with van der Waals surface area (Å²) in [7, 11) is 0. The summed E-state index contributed by atoms with van der Waals surface area (Å²) in [5, 5.41) is 25.9. The number of hydrogen-bond donors (Lipinski definition) is 4. The molecule has 0 saturated carbocycles. The van der Waals surface area contributed by atoms with Crippen LogP contribution in [0.5, 0.6) is 0 Å². The number of nitrogens with zero attached hydrogens (tertiary/aromatic N) is 3. The van der Waals surface area contributed by atoms with Crippen molar-refractivity contribution in [3.63, 3.8) is 0 Å². The molecule has 1 aromatic carbocycles. The number of aromatic nitrogens is 3. The second kappa shape index (κ2) is 10.3. The molecule has 0 aliphatic carbocycles. The van der Waals surface area contributed by atoms with Gasteiger partial charge in [-0.2, -0.15) is 26.3 Å². The van der Waals surface area contributed by atoms with Crippen molar-refractivity contribution in [1.82, 2.24) is 20.4 Å². The van der Waals surface area contributed by atoms with Gasteiger partial charge in [-0.05, 0) is 18.2 Å². The number of nitrogens with one attached hydrogen (secondary N) is 3. The van der Waals surface area contributed by atoms with Gasteiger partial charge < -0.3 is 20.3 Å². The van der Waals surface area contributed by atoms with E-state index < -0.39 is 41.8 Å². The highest BCUT2D eigenvalue weighted by Gasteiger charge is 2.70. The summed E-state index contributed by atoms with van der Waals surface area (Å²) in [5.74, 6) is -1.37. The van der Waals surface area contributed by atoms with Crippen molar-refractivity contribution in [1.29, 1.82) is 5.41 Å². The van der Waals surface area contributed by atoms with Crippen molar-refractivity contribution >= 4 is 17.2 Å². The minimum Gasteiger partial charge on any atom is -0.379 e. The monoisotopic (exact) mass is 518 g/mol. The molecule has 0 atom stereocenters. The lowest BCUT2D eigenvalue weighted by atomic mass is 10.0. The Labute approximate surface area is 198 Å². The van der Waals surface area contributed by atoms with Gasteiger partial charge in [0.15, 0.2) is 5.82 Å². The molecule has 0 bridgehead atoms. The van der Waals surface area contributed by atoms with Crippen molar-refractivity contribution < 1.29 is 40.4 Å². The second-order valence-corrected chi connectivity index (χ2v) is 7.28. The van der Waals surface area contributed by atoms with Crippen LogP contribution >= 0.6 is 0 Å². The van der Waals surface area contributed by atoms with Crippen molar-refractivity contribution in [3.8, 4) is 0 Å². The normalized spacial score (nSPS) is 12.9. The molecule has 2 aromatic heterocycles. The summed E-state index contributed by atoms with van der Waals surface area (Å²) in [6, 6.07) is 8.29. The lowest BCUT2D eigenvalue weighted by molar-refractivity contribution is -0.362. The zero-order valence-electron chi connectivity index (χ0n) is 18.0. The molecule has 0 amide bonds. The summed E-state index contributed by atoms with van der Waals surface area (Å²) >= 11 is 0. The average molecular weight is 518 g/mol. The standard InChI is InChI=1S/C21H17F7N6O2/c22-13-4-2-1-3-12(13)10-31-16(15-6-8-36-34-15)9-14(29)18-30-7-5-17(33-18)32-11-19(35,20(23,24)25)21(26,27)28/h1-9,29,31,35H,10-11H2,(H,30,32,33)/b16-9-,29-14?. The van der Waals surface area contributed by atoms with Crippen LogP contribution in [0.2, 0.25) is 0 Å². The van der Waals surface area contributed by atoms with E-state index in [4.69, 9.17) is 9.93 Å². The van der Waals surface area contributed by atoms with Gasteiger partial charge in [0.1, 0.15) is 29.3 Å². The van der Waals surface area contributed by atoms with Gasteiger partial charge >= 0.3 is 12.4 Å². The Hall–Kier alpha value is -4.01. The number of anilines is 1. The molecule has 36 heavy (non-hydrogen) atoms. The van der Waals surface area contributed by atoms with Crippen LogP contribution in [-0.4, -0.2) is 50.4 Å². The van der Waals surface area contributed by atoms with E-state index in [0.29, 0.717) is 5.56 Å². The Morgan fingerprint density at radius 2 is 1.75 bits per heavy atom. The first-order valence-electron chi connectivity index (χ1n) is 9.93. The van der Waals surface area contributed by atoms with E-state index in [1.807, 2.05) is 0 Å². The van der Waals surface area contributed by atoms with Crippen LogP contribution in [0.3, 0.4) is 0 Å². The zero-order chi connectivity index (χ0) is 26.6. The van der Waals surface area contributed by atoms with Crippen LogP contribution in [0.15, 0.2) is 59.5 Å². The first-order valence-corrected chi connectivity index (χ1v) is 9.93. The highest BCUT2D eigenvalue weighted by molar-refractivity contribution is 6.07. The number of hydrogen-bond acceptors (Lipinski definition) is 8. The highest BCUT2D eigenvalue weighted by Crippen LogP contribution is 2.43. The Bertz CT molecular complexity index is 1210. The third kappa shape index (κ3) is 5.97. The van der Waals surface area contributed by atoms with Crippen LogP contribution in [0, 0.1) is 11.2 Å². The van der Waals surface area contributed by atoms with Crippen LogP contribution < -0.4 is 10.6 Å². The zero-order valence-corrected chi connectivity index (χ0v) is 18.0. The van der Waals surface area contributed by atoms with E-state index >= 15 is 0 Å². The van der Waals surface area contributed by atoms with Gasteiger partial charge in [0.25, 0.3) is 5.60 Å². The van der Waals surface area contributed by atoms with Gasteiger partial charge in [-0.3, -0.25) is 5.41 Å². The predicted octanol–water partition coefficient (Wildman–Crippen LogP) is 4.07. The molecule has 0 aliphatic heterocycles. The molecule has 0 radical (unpaired) electrons. The van der Waals surface area contributed by atoms with E-state index in [0.717, 1.165) is 12.3 Å². The summed E-state index contributed by atoms with van der Waals surface area (Å²) in [5.41, 5.74) is -4.77. The van der Waals surface area contributed by atoms with Crippen LogP contribution in [0.1, 0.15) is 17.1 Å². The van der Waals surface area contributed by atoms with Gasteiger partial charge in [-0.15, -0.1) is 0 Å². The number of alkyl halides is 6. The van der Waals surface area contributed by atoms with Crippen LogP contribution in [-0.2, 0) is 6.54 Å². The fourth-order valence-electron chi connectivity index (χ4n) is 2.77. The minimum atomic E-state index is -6.01. The van der Waals surface area contributed by atoms with Gasteiger partial charge in [-0.1, -0.05) is 23.4 Å². The lowest BCUT2D eigenvalue weighted by Gasteiger charge is -2.32. The molecule has 0 unspecified atom stereocenters. The Kier molecular flexibility index (Phi) is 7.62. The molecule has 0 fully saturated rings. The maximum atomic E-state index is 13.9. The molecule has 3 rings (SSSR count). The largest absolute Gasteiger partial charge is 0.428 e. The van der Waals surface area contributed by atoms with E-state index in [1.165, 1.54) is 36.6 Å². The molecule has 2 heterocycles. The third-order valence-corrected chi connectivity index (χ3v) is 4.79. The van der Waals surface area contributed by atoms with Gasteiger partial charge in [-0.25, -0.2) is 14.4 Å². The molecule has 3 aromatic rings. The number of allylic oxidation sites excluding steroid dienone is 1. The van der Waals surface area contributed by atoms with Crippen molar-refractivity contribution in [2.75, 3.05) is 11.9 Å². The van der Waals surface area contributed by atoms with E-state index in [-0.39, 0.29) is 23.8 Å². The quantitative estimate of drug-likeness (QED) is 0.249. The highest BCUT2D eigenvalue weighted by atomic mass is 19.4. The average Bonchev–Trinajstić information content (AvgIpc) is 3.34. The molecule has 0 aliphatic rings. The molecule has 0 saturated heterocycles. The topological polar surface area (TPSA) is 120 Å². The molecule has 4 N–H and O–H groups in total. The molecule has 0 spiro atoms. The molecule has 192 valence electrons. The molecular weight excluding hydrogens is 501 g/mol. The number of halogens is 7. The van der Waals surface area contributed by atoms with Gasteiger partial charge in [0.2, 0.25) is 0 Å². The van der Waals surface area contributed by atoms with Crippen LogP contribution in [0.4, 0.5) is 36.6 Å². The minimum absolute atomic E-state index is 0.0193. The third-order valence-electron chi connectivity index (χ3n) is 4.79. The summed E-state index contributed by atoms with van der Waals surface area (Å²) in [6.07, 6.45) is -8.63.